The molecule has 7 nitrogen and oxygen atoms in total. The fourth-order valence-electron chi connectivity index (χ4n) is 2.09. The Labute approximate surface area is 111 Å². The summed E-state index contributed by atoms with van der Waals surface area (Å²) in [6.07, 6.45) is 0.621. The molecule has 0 aromatic carbocycles. The van der Waals surface area contributed by atoms with Crippen LogP contribution in [0.15, 0.2) is 4.52 Å². The Hall–Kier alpha value is -1.44. The zero-order chi connectivity index (χ0) is 13.9. The topological polar surface area (TPSA) is 96.6 Å². The average Bonchev–Trinajstić information content (AvgIpc) is 2.96. The molecule has 1 amide bonds. The van der Waals surface area contributed by atoms with Gasteiger partial charge < -0.3 is 25.0 Å². The van der Waals surface area contributed by atoms with Crippen LogP contribution in [0.1, 0.15) is 28.2 Å². The molecule has 1 aromatic heterocycles. The number of β-amino-alcohol motifs (C(OH)–C–C–N with tert-alkyl or cyclic N) is 1. The largest absolute Gasteiger partial charge is 0.387 e. The van der Waals surface area contributed by atoms with Crippen LogP contribution in [0.2, 0.25) is 0 Å². The van der Waals surface area contributed by atoms with Gasteiger partial charge in [0.25, 0.3) is 5.91 Å². The fourth-order valence-corrected chi connectivity index (χ4v) is 2.09. The number of nitrogens with zero attached hydrogens (tertiary/aromatic N) is 1. The maximum Gasteiger partial charge on any atom is 0.273 e. The van der Waals surface area contributed by atoms with E-state index < -0.39 is 5.60 Å². The lowest BCUT2D eigenvalue weighted by molar-refractivity contribution is 0.0558. The Kier molecular flexibility index (Phi) is 4.18. The van der Waals surface area contributed by atoms with E-state index in [-0.39, 0.29) is 24.8 Å². The molecule has 1 aromatic rings. The van der Waals surface area contributed by atoms with E-state index in [1.807, 2.05) is 0 Å². The minimum atomic E-state index is -0.879. The van der Waals surface area contributed by atoms with Crippen molar-refractivity contribution in [3.8, 4) is 0 Å². The van der Waals surface area contributed by atoms with Crippen LogP contribution in [-0.4, -0.2) is 48.5 Å². The number of rotatable bonds is 5. The van der Waals surface area contributed by atoms with Gasteiger partial charge in [-0.05, 0) is 19.9 Å². The molecule has 0 bridgehead atoms. The Morgan fingerprint density at radius 2 is 2.47 bits per heavy atom. The number of aliphatic hydroxyl groups is 1. The second-order valence-corrected chi connectivity index (χ2v) is 4.83. The van der Waals surface area contributed by atoms with Gasteiger partial charge >= 0.3 is 0 Å². The minimum Gasteiger partial charge on any atom is -0.387 e. The van der Waals surface area contributed by atoms with Crippen LogP contribution >= 0.6 is 0 Å². The molecule has 0 radical (unpaired) electrons. The van der Waals surface area contributed by atoms with Gasteiger partial charge in [0.15, 0.2) is 5.69 Å². The molecule has 0 unspecified atom stereocenters. The second-order valence-electron chi connectivity index (χ2n) is 4.83. The molecular formula is C12H19N3O4. The third kappa shape index (κ3) is 3.12. The Balaban J connectivity index is 1.99. The summed E-state index contributed by atoms with van der Waals surface area (Å²) < 4.78 is 10.0. The lowest BCUT2D eigenvalue weighted by Gasteiger charge is -2.21. The number of amides is 1. The molecule has 1 aliphatic heterocycles. The number of aromatic nitrogens is 1. The van der Waals surface area contributed by atoms with Gasteiger partial charge in [-0.3, -0.25) is 4.79 Å². The highest BCUT2D eigenvalue weighted by Gasteiger charge is 2.32. The monoisotopic (exact) mass is 269 g/mol. The number of aryl methyl sites for hydroxylation is 1. The molecule has 1 aliphatic rings. The molecule has 1 saturated heterocycles. The molecule has 0 saturated carbocycles. The Bertz CT molecular complexity index is 452. The number of nitrogens with one attached hydrogen (secondary N) is 2. The van der Waals surface area contributed by atoms with Crippen molar-refractivity contribution in [3.05, 3.63) is 17.0 Å². The van der Waals surface area contributed by atoms with Crippen LogP contribution in [0, 0.1) is 6.92 Å². The SMILES string of the molecule is COCc1c(C(=O)NC[C@]2(O)CCNC2)noc1C. The summed E-state index contributed by atoms with van der Waals surface area (Å²) in [6, 6.07) is 0. The van der Waals surface area contributed by atoms with E-state index in [1.165, 1.54) is 0 Å². The fraction of sp³-hybridized carbons (Fsp3) is 0.667. The quantitative estimate of drug-likeness (QED) is 0.672. The minimum absolute atomic E-state index is 0.192. The van der Waals surface area contributed by atoms with E-state index in [0.29, 0.717) is 24.3 Å². The average molecular weight is 269 g/mol. The summed E-state index contributed by atoms with van der Waals surface area (Å²) in [7, 11) is 1.54. The smallest absolute Gasteiger partial charge is 0.273 e. The predicted molar refractivity (Wildman–Crippen MR) is 66.7 cm³/mol. The van der Waals surface area contributed by atoms with Gasteiger partial charge in [0, 0.05) is 20.2 Å². The van der Waals surface area contributed by atoms with Gasteiger partial charge in [-0.1, -0.05) is 5.16 Å². The van der Waals surface area contributed by atoms with Crippen molar-refractivity contribution in [2.24, 2.45) is 0 Å². The zero-order valence-corrected chi connectivity index (χ0v) is 11.2. The van der Waals surface area contributed by atoms with Gasteiger partial charge in [-0.2, -0.15) is 0 Å². The summed E-state index contributed by atoms with van der Waals surface area (Å²) in [5.41, 5.74) is -0.0268. The van der Waals surface area contributed by atoms with E-state index >= 15 is 0 Å². The Morgan fingerprint density at radius 3 is 3.11 bits per heavy atom. The molecule has 7 heteroatoms. The van der Waals surface area contributed by atoms with E-state index in [9.17, 15) is 9.90 Å². The van der Waals surface area contributed by atoms with Crippen molar-refractivity contribution < 1.29 is 19.2 Å². The molecule has 1 atom stereocenters. The van der Waals surface area contributed by atoms with Crippen molar-refractivity contribution >= 4 is 5.91 Å². The standard InChI is InChI=1S/C12H19N3O4/c1-8-9(5-18-2)10(15-19-8)11(16)14-7-12(17)3-4-13-6-12/h13,17H,3-7H2,1-2H3,(H,14,16)/t12-/m0/s1. The van der Waals surface area contributed by atoms with E-state index in [0.717, 1.165) is 6.54 Å². The lowest BCUT2D eigenvalue weighted by atomic mass is 10.0. The van der Waals surface area contributed by atoms with Crippen LogP contribution in [0.5, 0.6) is 0 Å². The van der Waals surface area contributed by atoms with Crippen LogP contribution in [-0.2, 0) is 11.3 Å². The van der Waals surface area contributed by atoms with E-state index in [2.05, 4.69) is 15.8 Å². The van der Waals surface area contributed by atoms with Crippen LogP contribution in [0.4, 0.5) is 0 Å². The van der Waals surface area contributed by atoms with E-state index in [4.69, 9.17) is 9.26 Å². The highest BCUT2D eigenvalue weighted by molar-refractivity contribution is 5.93. The van der Waals surface area contributed by atoms with Crippen molar-refractivity contribution in [1.82, 2.24) is 15.8 Å². The summed E-state index contributed by atoms with van der Waals surface area (Å²) in [4.78, 5) is 12.0. The molecule has 106 valence electrons. The molecular weight excluding hydrogens is 250 g/mol. The van der Waals surface area contributed by atoms with Crippen LogP contribution in [0.3, 0.4) is 0 Å². The van der Waals surface area contributed by atoms with Crippen molar-refractivity contribution in [2.45, 2.75) is 25.6 Å². The predicted octanol–water partition coefficient (Wildman–Crippen LogP) is -0.416. The molecule has 1 fully saturated rings. The Morgan fingerprint density at radius 1 is 1.68 bits per heavy atom. The molecule has 3 N–H and O–H groups in total. The van der Waals surface area contributed by atoms with Gasteiger partial charge in [-0.25, -0.2) is 0 Å². The number of hydrogen-bond donors (Lipinski definition) is 3. The summed E-state index contributed by atoms with van der Waals surface area (Å²) in [5.74, 6) is 0.206. The summed E-state index contributed by atoms with van der Waals surface area (Å²) in [6.45, 7) is 3.42. The summed E-state index contributed by atoms with van der Waals surface area (Å²) >= 11 is 0. The first-order valence-corrected chi connectivity index (χ1v) is 6.21. The van der Waals surface area contributed by atoms with Crippen LogP contribution in [0.25, 0.3) is 0 Å². The normalized spacial score (nSPS) is 22.7. The first-order valence-electron chi connectivity index (χ1n) is 6.21. The number of carbonyl (C=O) groups excluding carboxylic acids is 1. The lowest BCUT2D eigenvalue weighted by Crippen LogP contribution is -2.44. The van der Waals surface area contributed by atoms with Crippen molar-refractivity contribution in [3.63, 3.8) is 0 Å². The van der Waals surface area contributed by atoms with Gasteiger partial charge in [0.1, 0.15) is 5.76 Å². The molecule has 2 heterocycles. The van der Waals surface area contributed by atoms with Gasteiger partial charge in [0.05, 0.1) is 17.8 Å². The van der Waals surface area contributed by atoms with Crippen LogP contribution < -0.4 is 10.6 Å². The summed E-state index contributed by atoms with van der Waals surface area (Å²) in [5, 5.41) is 19.6. The maximum absolute atomic E-state index is 12.0. The molecule has 19 heavy (non-hydrogen) atoms. The molecule has 0 aliphatic carbocycles. The third-order valence-electron chi connectivity index (χ3n) is 3.29. The highest BCUT2D eigenvalue weighted by Crippen LogP contribution is 2.16. The number of hydrogen-bond acceptors (Lipinski definition) is 6. The second kappa shape index (κ2) is 5.68. The number of methoxy groups -OCH3 is 1. The maximum atomic E-state index is 12.0. The highest BCUT2D eigenvalue weighted by atomic mass is 16.5. The number of ether oxygens (including phenoxy) is 1. The number of carbonyl (C=O) groups is 1. The molecule has 0 spiro atoms. The van der Waals surface area contributed by atoms with Gasteiger partial charge in [0.2, 0.25) is 0 Å². The third-order valence-corrected chi connectivity index (χ3v) is 3.29. The zero-order valence-electron chi connectivity index (χ0n) is 11.2. The molecule has 2 rings (SSSR count). The van der Waals surface area contributed by atoms with Crippen molar-refractivity contribution in [1.29, 1.82) is 0 Å². The van der Waals surface area contributed by atoms with Crippen molar-refractivity contribution in [2.75, 3.05) is 26.7 Å². The first-order chi connectivity index (χ1) is 9.06. The van der Waals surface area contributed by atoms with Gasteiger partial charge in [-0.15, -0.1) is 0 Å². The van der Waals surface area contributed by atoms with E-state index in [1.54, 1.807) is 14.0 Å². The first kappa shape index (κ1) is 14.0.